The quantitative estimate of drug-likeness (QED) is 0.651. The minimum atomic E-state index is 0.440. The first-order valence-electron chi connectivity index (χ1n) is 6.54. The minimum absolute atomic E-state index is 0.440. The van der Waals surface area contributed by atoms with Crippen molar-refractivity contribution in [3.05, 3.63) is 36.0 Å². The summed E-state index contributed by atoms with van der Waals surface area (Å²) in [7, 11) is 0. The zero-order valence-corrected chi connectivity index (χ0v) is 12.2. The maximum absolute atomic E-state index is 5.64. The fourth-order valence-corrected chi connectivity index (χ4v) is 2.16. The van der Waals surface area contributed by atoms with Crippen molar-refractivity contribution in [2.75, 3.05) is 13.2 Å². The monoisotopic (exact) mass is 276 g/mol. The molecule has 4 heteroatoms. The predicted molar refractivity (Wildman–Crippen MR) is 83.5 cm³/mol. The van der Waals surface area contributed by atoms with Gasteiger partial charge in [-0.05, 0) is 30.2 Å². The normalized spacial score (nSPS) is 11.3. The molecule has 2 rings (SSSR count). The third-order valence-electron chi connectivity index (χ3n) is 2.98. The van der Waals surface area contributed by atoms with Crippen LogP contribution in [-0.4, -0.2) is 22.8 Å². The summed E-state index contributed by atoms with van der Waals surface area (Å²) in [5.74, 6) is 0.578. The fraction of sp³-hybridized carbons (Fsp3) is 0.400. The van der Waals surface area contributed by atoms with Gasteiger partial charge in [0.25, 0.3) is 0 Å². The Labute approximate surface area is 119 Å². The molecule has 19 heavy (non-hydrogen) atoms. The summed E-state index contributed by atoms with van der Waals surface area (Å²) in [6, 6.07) is 8.14. The highest BCUT2D eigenvalue weighted by molar-refractivity contribution is 7.80. The number of benzene rings is 1. The van der Waals surface area contributed by atoms with Crippen LogP contribution in [0.3, 0.4) is 0 Å². The van der Waals surface area contributed by atoms with Gasteiger partial charge in [0, 0.05) is 35.8 Å². The first-order chi connectivity index (χ1) is 9.08. The van der Waals surface area contributed by atoms with Crippen molar-refractivity contribution >= 4 is 28.1 Å². The summed E-state index contributed by atoms with van der Waals surface area (Å²) < 4.78 is 7.81. The second-order valence-electron chi connectivity index (χ2n) is 5.12. The van der Waals surface area contributed by atoms with Crippen molar-refractivity contribution in [2.24, 2.45) is 11.7 Å². The number of hydrogen-bond acceptors (Lipinski definition) is 2. The molecule has 0 fully saturated rings. The summed E-state index contributed by atoms with van der Waals surface area (Å²) in [5.41, 5.74) is 7.74. The van der Waals surface area contributed by atoms with Crippen LogP contribution in [0.15, 0.2) is 30.5 Å². The second kappa shape index (κ2) is 6.17. The van der Waals surface area contributed by atoms with Gasteiger partial charge in [0.2, 0.25) is 0 Å². The van der Waals surface area contributed by atoms with Crippen LogP contribution in [0, 0.1) is 5.92 Å². The summed E-state index contributed by atoms with van der Waals surface area (Å²) in [4.78, 5) is 0.440. The van der Waals surface area contributed by atoms with E-state index in [0.717, 1.165) is 30.7 Å². The van der Waals surface area contributed by atoms with E-state index in [4.69, 9.17) is 22.7 Å². The summed E-state index contributed by atoms with van der Waals surface area (Å²) >= 11 is 4.99. The van der Waals surface area contributed by atoms with Crippen LogP contribution in [0.4, 0.5) is 0 Å². The number of nitrogens with two attached hydrogens (primary N) is 1. The Morgan fingerprint density at radius 3 is 2.84 bits per heavy atom. The van der Waals surface area contributed by atoms with E-state index in [-0.39, 0.29) is 0 Å². The van der Waals surface area contributed by atoms with Crippen LogP contribution in [-0.2, 0) is 11.3 Å². The Bertz CT molecular complexity index is 575. The molecular weight excluding hydrogens is 256 g/mol. The van der Waals surface area contributed by atoms with Crippen molar-refractivity contribution in [1.82, 2.24) is 4.57 Å². The molecule has 0 bridgehead atoms. The molecule has 0 saturated heterocycles. The highest BCUT2D eigenvalue weighted by atomic mass is 32.1. The third kappa shape index (κ3) is 3.55. The molecule has 1 aromatic heterocycles. The van der Waals surface area contributed by atoms with E-state index in [0.29, 0.717) is 10.9 Å². The summed E-state index contributed by atoms with van der Waals surface area (Å²) in [6.45, 7) is 6.72. The molecule has 0 spiro atoms. The standard InChI is InChI=1S/C15H20N2OS/c1-11(2)10-18-8-7-17-6-5-12-9-13(15(16)19)3-4-14(12)17/h3-6,9,11H,7-8,10H2,1-2H3,(H2,16,19). The van der Waals surface area contributed by atoms with Gasteiger partial charge in [-0.25, -0.2) is 0 Å². The topological polar surface area (TPSA) is 40.2 Å². The van der Waals surface area contributed by atoms with Crippen molar-refractivity contribution in [1.29, 1.82) is 0 Å². The number of aromatic nitrogens is 1. The SMILES string of the molecule is CC(C)COCCn1ccc2cc(C(N)=S)ccc21. The zero-order valence-electron chi connectivity index (χ0n) is 11.4. The van der Waals surface area contributed by atoms with Crippen LogP contribution in [0.1, 0.15) is 19.4 Å². The molecule has 0 radical (unpaired) electrons. The first-order valence-corrected chi connectivity index (χ1v) is 6.95. The van der Waals surface area contributed by atoms with E-state index in [1.54, 1.807) is 0 Å². The smallest absolute Gasteiger partial charge is 0.104 e. The molecule has 0 unspecified atom stereocenters. The minimum Gasteiger partial charge on any atom is -0.389 e. The number of hydrogen-bond donors (Lipinski definition) is 1. The first kappa shape index (κ1) is 14.0. The Balaban J connectivity index is 2.06. The average Bonchev–Trinajstić information content (AvgIpc) is 2.76. The lowest BCUT2D eigenvalue weighted by Gasteiger charge is -2.09. The highest BCUT2D eigenvalue weighted by Gasteiger charge is 2.04. The lowest BCUT2D eigenvalue weighted by Crippen LogP contribution is -2.10. The molecule has 1 heterocycles. The molecule has 2 N–H and O–H groups in total. The maximum Gasteiger partial charge on any atom is 0.104 e. The van der Waals surface area contributed by atoms with Gasteiger partial charge in [-0.2, -0.15) is 0 Å². The van der Waals surface area contributed by atoms with Crippen molar-refractivity contribution in [3.63, 3.8) is 0 Å². The van der Waals surface area contributed by atoms with Crippen LogP contribution >= 0.6 is 12.2 Å². The van der Waals surface area contributed by atoms with Crippen LogP contribution in [0.5, 0.6) is 0 Å². The highest BCUT2D eigenvalue weighted by Crippen LogP contribution is 2.17. The lowest BCUT2D eigenvalue weighted by molar-refractivity contribution is 0.104. The summed E-state index contributed by atoms with van der Waals surface area (Å²) in [5, 5.41) is 1.16. The zero-order chi connectivity index (χ0) is 13.8. The Kier molecular flexibility index (Phi) is 4.56. The Hall–Kier alpha value is -1.39. The van der Waals surface area contributed by atoms with Gasteiger partial charge in [-0.1, -0.05) is 26.1 Å². The maximum atomic E-state index is 5.64. The molecule has 0 amide bonds. The van der Waals surface area contributed by atoms with Crippen LogP contribution in [0.2, 0.25) is 0 Å². The molecule has 0 aliphatic heterocycles. The molecule has 0 aliphatic carbocycles. The Morgan fingerprint density at radius 1 is 1.37 bits per heavy atom. The number of fused-ring (bicyclic) bond motifs is 1. The van der Waals surface area contributed by atoms with Gasteiger partial charge in [0.1, 0.15) is 4.99 Å². The van der Waals surface area contributed by atoms with E-state index in [9.17, 15) is 0 Å². The third-order valence-corrected chi connectivity index (χ3v) is 3.22. The van der Waals surface area contributed by atoms with Gasteiger partial charge in [0.15, 0.2) is 0 Å². The van der Waals surface area contributed by atoms with Crippen molar-refractivity contribution in [2.45, 2.75) is 20.4 Å². The van der Waals surface area contributed by atoms with Crippen LogP contribution in [0.25, 0.3) is 10.9 Å². The number of rotatable bonds is 6. The van der Waals surface area contributed by atoms with Gasteiger partial charge < -0.3 is 15.0 Å². The van der Waals surface area contributed by atoms with E-state index in [1.807, 2.05) is 12.1 Å². The molecule has 102 valence electrons. The van der Waals surface area contributed by atoms with E-state index >= 15 is 0 Å². The molecule has 0 atom stereocenters. The molecule has 1 aromatic carbocycles. The largest absolute Gasteiger partial charge is 0.389 e. The van der Waals surface area contributed by atoms with Gasteiger partial charge in [-0.15, -0.1) is 0 Å². The molecule has 2 aromatic rings. The van der Waals surface area contributed by atoms with Crippen molar-refractivity contribution < 1.29 is 4.74 Å². The van der Waals surface area contributed by atoms with E-state index < -0.39 is 0 Å². The molecule has 3 nitrogen and oxygen atoms in total. The van der Waals surface area contributed by atoms with E-state index in [1.165, 1.54) is 5.52 Å². The molecular formula is C15H20N2OS. The molecule has 0 saturated carbocycles. The van der Waals surface area contributed by atoms with Gasteiger partial charge in [-0.3, -0.25) is 0 Å². The number of nitrogens with zero attached hydrogens (tertiary/aromatic N) is 1. The fourth-order valence-electron chi connectivity index (χ4n) is 2.03. The van der Waals surface area contributed by atoms with Crippen LogP contribution < -0.4 is 5.73 Å². The number of thiocarbonyl (C=S) groups is 1. The number of ether oxygens (including phenoxy) is 1. The van der Waals surface area contributed by atoms with Gasteiger partial charge in [0.05, 0.1) is 6.61 Å². The van der Waals surface area contributed by atoms with Gasteiger partial charge >= 0.3 is 0 Å². The van der Waals surface area contributed by atoms with E-state index in [2.05, 4.69) is 36.7 Å². The Morgan fingerprint density at radius 2 is 2.16 bits per heavy atom. The predicted octanol–water partition coefficient (Wildman–Crippen LogP) is 2.95. The van der Waals surface area contributed by atoms with Crippen molar-refractivity contribution in [3.8, 4) is 0 Å². The summed E-state index contributed by atoms with van der Waals surface area (Å²) in [6.07, 6.45) is 2.08. The average molecular weight is 276 g/mol. The molecule has 0 aliphatic rings. The lowest BCUT2D eigenvalue weighted by atomic mass is 10.1. The second-order valence-corrected chi connectivity index (χ2v) is 5.56.